The number of carbonyl (C=O) groups is 3. The van der Waals surface area contributed by atoms with Crippen molar-refractivity contribution in [1.82, 2.24) is 0 Å². The zero-order valence-electron chi connectivity index (χ0n) is 6.43. The molecule has 0 radical (unpaired) electrons. The van der Waals surface area contributed by atoms with Crippen LogP contribution in [0.5, 0.6) is 0 Å². The maximum absolute atomic E-state index is 10.3. The highest BCUT2D eigenvalue weighted by molar-refractivity contribution is 5.88. The number of aliphatic carboxylic acids is 3. The molecule has 0 bridgehead atoms. The standard InChI is InChI=1S/C6H8O7/c7-3(8)1-6(13,5(11)12)2-4(9)10/h13H,1-2H2,(H,7,8)(H,9,10)(H,11,12)/i1+1,2+1. The summed E-state index contributed by atoms with van der Waals surface area (Å²) < 4.78 is 0. The molecular formula is C6H8O7. The van der Waals surface area contributed by atoms with E-state index in [4.69, 9.17) is 20.4 Å². The van der Waals surface area contributed by atoms with Gasteiger partial charge in [0.2, 0.25) is 0 Å². The third-order valence-corrected chi connectivity index (χ3v) is 1.29. The van der Waals surface area contributed by atoms with E-state index in [1.165, 1.54) is 0 Å². The molecule has 0 aromatic heterocycles. The van der Waals surface area contributed by atoms with Crippen LogP contribution < -0.4 is 0 Å². The molecule has 0 aromatic rings. The van der Waals surface area contributed by atoms with E-state index in [0.717, 1.165) is 0 Å². The van der Waals surface area contributed by atoms with Crippen molar-refractivity contribution >= 4 is 17.9 Å². The van der Waals surface area contributed by atoms with Crippen molar-refractivity contribution in [2.75, 3.05) is 0 Å². The first-order chi connectivity index (χ1) is 5.78. The van der Waals surface area contributed by atoms with Crippen LogP contribution in [0, 0.1) is 0 Å². The average Bonchev–Trinajstić information content (AvgIpc) is 1.82. The topological polar surface area (TPSA) is 132 Å². The van der Waals surface area contributed by atoms with Crippen LogP contribution in [-0.4, -0.2) is 43.9 Å². The molecule has 74 valence electrons. The van der Waals surface area contributed by atoms with Crippen molar-refractivity contribution < 1.29 is 34.8 Å². The van der Waals surface area contributed by atoms with Gasteiger partial charge in [-0.2, -0.15) is 0 Å². The van der Waals surface area contributed by atoms with Gasteiger partial charge in [0.1, 0.15) is 0 Å². The number of hydrogen-bond donors (Lipinski definition) is 4. The van der Waals surface area contributed by atoms with Crippen LogP contribution in [0.2, 0.25) is 0 Å². The van der Waals surface area contributed by atoms with Gasteiger partial charge in [-0.1, -0.05) is 0 Å². The SMILES string of the molecule is O=C(O)[13CH2]C(O)([13CH2]C(=O)O)C(=O)O. The van der Waals surface area contributed by atoms with Crippen molar-refractivity contribution in [3.63, 3.8) is 0 Å². The van der Waals surface area contributed by atoms with Gasteiger partial charge in [0.25, 0.3) is 0 Å². The van der Waals surface area contributed by atoms with Crippen molar-refractivity contribution in [1.29, 1.82) is 0 Å². The summed E-state index contributed by atoms with van der Waals surface area (Å²) in [6, 6.07) is 0. The minimum atomic E-state index is -2.74. The van der Waals surface area contributed by atoms with Gasteiger partial charge in [0.15, 0.2) is 5.60 Å². The average molecular weight is 194 g/mol. The summed E-state index contributed by atoms with van der Waals surface area (Å²) in [5, 5.41) is 33.8. The van der Waals surface area contributed by atoms with Gasteiger partial charge in [-0.05, 0) is 0 Å². The molecule has 0 aliphatic heterocycles. The number of aliphatic hydroxyl groups is 1. The predicted molar refractivity (Wildman–Crippen MR) is 37.1 cm³/mol. The van der Waals surface area contributed by atoms with Gasteiger partial charge in [-0.3, -0.25) is 9.59 Å². The summed E-state index contributed by atoms with van der Waals surface area (Å²) in [5.41, 5.74) is -2.74. The van der Waals surface area contributed by atoms with E-state index < -0.39 is 36.4 Å². The zero-order valence-corrected chi connectivity index (χ0v) is 6.43. The lowest BCUT2D eigenvalue weighted by atomic mass is 10.2. The normalized spacial score (nSPS) is 10.8. The maximum Gasteiger partial charge on any atom is 0.336 e. The lowest BCUT2D eigenvalue weighted by Crippen LogP contribution is -2.42. The molecule has 0 unspecified atom stereocenters. The van der Waals surface area contributed by atoms with Crippen molar-refractivity contribution in [3.8, 4) is 0 Å². The molecule has 0 amide bonds. The molecule has 0 aromatic carbocycles. The molecular weight excluding hydrogens is 186 g/mol. The maximum atomic E-state index is 10.3. The highest BCUT2D eigenvalue weighted by Crippen LogP contribution is 2.15. The molecule has 0 saturated heterocycles. The lowest BCUT2D eigenvalue weighted by Gasteiger charge is -2.18. The zero-order chi connectivity index (χ0) is 10.6. The van der Waals surface area contributed by atoms with Gasteiger partial charge in [0.05, 0.1) is 12.8 Å². The predicted octanol–water partition coefficient (Wildman–Crippen LogP) is -1.25. The van der Waals surface area contributed by atoms with Gasteiger partial charge >= 0.3 is 17.9 Å². The quantitative estimate of drug-likeness (QED) is 0.402. The second kappa shape index (κ2) is 3.85. The molecule has 0 aliphatic rings. The fourth-order valence-electron chi connectivity index (χ4n) is 0.714. The van der Waals surface area contributed by atoms with Crippen LogP contribution in [0.3, 0.4) is 0 Å². The molecule has 0 spiro atoms. The van der Waals surface area contributed by atoms with Gasteiger partial charge in [-0.15, -0.1) is 0 Å². The third kappa shape index (κ3) is 3.52. The highest BCUT2D eigenvalue weighted by atomic mass is 16.4. The Bertz CT molecular complexity index is 227. The second-order valence-electron chi connectivity index (χ2n) is 2.48. The molecule has 7 nitrogen and oxygen atoms in total. The van der Waals surface area contributed by atoms with E-state index in [2.05, 4.69) is 0 Å². The first kappa shape index (κ1) is 11.4. The largest absolute Gasteiger partial charge is 0.481 e. The van der Waals surface area contributed by atoms with Gasteiger partial charge < -0.3 is 20.4 Å². The minimum absolute atomic E-state index is 1.14. The molecule has 0 saturated carbocycles. The second-order valence-corrected chi connectivity index (χ2v) is 2.48. The Morgan fingerprint density at radius 2 is 1.23 bits per heavy atom. The number of rotatable bonds is 5. The van der Waals surface area contributed by atoms with E-state index in [9.17, 15) is 14.4 Å². The van der Waals surface area contributed by atoms with Crippen LogP contribution >= 0.6 is 0 Å². The Morgan fingerprint density at radius 1 is 0.923 bits per heavy atom. The summed E-state index contributed by atoms with van der Waals surface area (Å²) in [5.74, 6) is -5.02. The van der Waals surface area contributed by atoms with Gasteiger partial charge in [0, 0.05) is 0 Å². The third-order valence-electron chi connectivity index (χ3n) is 1.29. The van der Waals surface area contributed by atoms with E-state index in [1.54, 1.807) is 0 Å². The molecule has 0 fully saturated rings. The summed E-state index contributed by atoms with van der Waals surface area (Å²) in [4.78, 5) is 30.5. The fourth-order valence-corrected chi connectivity index (χ4v) is 0.714. The van der Waals surface area contributed by atoms with Gasteiger partial charge in [-0.25, -0.2) is 4.79 Å². The summed E-state index contributed by atoms with van der Waals surface area (Å²) in [6.45, 7) is 0. The molecule has 0 heterocycles. The Balaban J connectivity index is 4.62. The molecule has 0 rings (SSSR count). The smallest absolute Gasteiger partial charge is 0.336 e. The Kier molecular flexibility index (Phi) is 3.37. The number of carboxylic acid groups (broad SMARTS) is 3. The van der Waals surface area contributed by atoms with Crippen LogP contribution in [-0.2, 0) is 14.4 Å². The number of hydrogen-bond acceptors (Lipinski definition) is 4. The van der Waals surface area contributed by atoms with Crippen LogP contribution in [0.15, 0.2) is 0 Å². The summed E-state index contributed by atoms with van der Waals surface area (Å²) >= 11 is 0. The van der Waals surface area contributed by atoms with Crippen LogP contribution in [0.1, 0.15) is 12.8 Å². The first-order valence-electron chi connectivity index (χ1n) is 3.17. The molecule has 0 atom stereocenters. The van der Waals surface area contributed by atoms with Crippen LogP contribution in [0.25, 0.3) is 0 Å². The molecule has 0 aliphatic carbocycles. The van der Waals surface area contributed by atoms with Crippen molar-refractivity contribution in [3.05, 3.63) is 0 Å². The number of carboxylic acids is 3. The Labute approximate surface area is 72.2 Å². The fraction of sp³-hybridized carbons (Fsp3) is 0.500. The molecule has 13 heavy (non-hydrogen) atoms. The lowest BCUT2D eigenvalue weighted by molar-refractivity contribution is -0.170. The Morgan fingerprint density at radius 3 is 1.38 bits per heavy atom. The van der Waals surface area contributed by atoms with Crippen molar-refractivity contribution in [2.45, 2.75) is 18.4 Å². The minimum Gasteiger partial charge on any atom is -0.481 e. The molecule has 7 heteroatoms. The highest BCUT2D eigenvalue weighted by Gasteiger charge is 2.40. The van der Waals surface area contributed by atoms with E-state index in [1.807, 2.05) is 0 Å². The van der Waals surface area contributed by atoms with Crippen molar-refractivity contribution in [2.24, 2.45) is 0 Å². The van der Waals surface area contributed by atoms with E-state index >= 15 is 0 Å². The van der Waals surface area contributed by atoms with E-state index in [-0.39, 0.29) is 0 Å². The summed E-state index contributed by atoms with van der Waals surface area (Å²) in [6.07, 6.45) is -2.29. The molecule has 4 N–H and O–H groups in total. The monoisotopic (exact) mass is 194 g/mol. The first-order valence-corrected chi connectivity index (χ1v) is 3.17. The summed E-state index contributed by atoms with van der Waals surface area (Å²) in [7, 11) is 0. The van der Waals surface area contributed by atoms with Crippen LogP contribution in [0.4, 0.5) is 0 Å². The van der Waals surface area contributed by atoms with E-state index in [0.29, 0.717) is 0 Å². The Hall–Kier alpha value is -1.63.